The van der Waals surface area contributed by atoms with E-state index >= 15 is 0 Å². The second kappa shape index (κ2) is 8.20. The van der Waals surface area contributed by atoms with Crippen LogP contribution in [0.3, 0.4) is 0 Å². The predicted octanol–water partition coefficient (Wildman–Crippen LogP) is 0.296. The molecule has 1 saturated carbocycles. The van der Waals surface area contributed by atoms with Gasteiger partial charge in [0.1, 0.15) is 6.10 Å². The highest BCUT2D eigenvalue weighted by atomic mass is 16.7. The van der Waals surface area contributed by atoms with E-state index in [0.29, 0.717) is 19.4 Å². The maximum atomic E-state index is 9.94. The molecular formula is C16H28O7. The molecule has 0 aromatic carbocycles. The van der Waals surface area contributed by atoms with E-state index < -0.39 is 18.5 Å². The van der Waals surface area contributed by atoms with E-state index in [0.717, 1.165) is 25.7 Å². The van der Waals surface area contributed by atoms with Crippen LogP contribution in [0.15, 0.2) is 0 Å². The van der Waals surface area contributed by atoms with E-state index in [1.54, 1.807) is 0 Å². The van der Waals surface area contributed by atoms with Gasteiger partial charge < -0.3 is 34.3 Å². The molecule has 3 aliphatic rings. The van der Waals surface area contributed by atoms with E-state index in [-0.39, 0.29) is 37.6 Å². The van der Waals surface area contributed by atoms with Crippen LogP contribution in [-0.4, -0.2) is 71.6 Å². The first kappa shape index (κ1) is 17.5. The number of hydrogen-bond donors (Lipinski definition) is 3. The van der Waals surface area contributed by atoms with Crippen molar-refractivity contribution in [1.82, 2.24) is 0 Å². The van der Waals surface area contributed by atoms with Crippen LogP contribution in [-0.2, 0) is 18.9 Å². The minimum absolute atomic E-state index is 0.0159. The molecular weight excluding hydrogens is 304 g/mol. The topological polar surface area (TPSA) is 97.6 Å². The van der Waals surface area contributed by atoms with Gasteiger partial charge in [0.25, 0.3) is 0 Å². The molecule has 7 atom stereocenters. The third-order valence-corrected chi connectivity index (χ3v) is 4.74. The minimum Gasteiger partial charge on any atom is -0.391 e. The van der Waals surface area contributed by atoms with Crippen molar-refractivity contribution in [2.75, 3.05) is 13.2 Å². The fourth-order valence-electron chi connectivity index (χ4n) is 3.48. The van der Waals surface area contributed by atoms with Gasteiger partial charge in [0.05, 0.1) is 37.6 Å². The third-order valence-electron chi connectivity index (χ3n) is 4.74. The number of aliphatic hydroxyl groups excluding tert-OH is 3. The first-order chi connectivity index (χ1) is 11.1. The summed E-state index contributed by atoms with van der Waals surface area (Å²) in [4.78, 5) is 0. The zero-order valence-corrected chi connectivity index (χ0v) is 13.4. The van der Waals surface area contributed by atoms with Gasteiger partial charge in [0.2, 0.25) is 0 Å². The average molecular weight is 332 g/mol. The molecule has 3 N–H and O–H groups in total. The van der Waals surface area contributed by atoms with Crippen molar-refractivity contribution in [3.05, 3.63) is 0 Å². The first-order valence-corrected chi connectivity index (χ1v) is 8.68. The lowest BCUT2D eigenvalue weighted by molar-refractivity contribution is -0.265. The van der Waals surface area contributed by atoms with Gasteiger partial charge in [-0.05, 0) is 25.7 Å². The Labute approximate surface area is 136 Å². The molecule has 0 aromatic rings. The Kier molecular flexibility index (Phi) is 6.25. The second-order valence-corrected chi connectivity index (χ2v) is 6.84. The summed E-state index contributed by atoms with van der Waals surface area (Å²) in [5.41, 5.74) is 0. The summed E-state index contributed by atoms with van der Waals surface area (Å²) in [6.07, 6.45) is 2.70. The molecule has 2 heterocycles. The second-order valence-electron chi connectivity index (χ2n) is 6.84. The highest BCUT2D eigenvalue weighted by Gasteiger charge is 2.34. The van der Waals surface area contributed by atoms with Crippen molar-refractivity contribution in [3.63, 3.8) is 0 Å². The summed E-state index contributed by atoms with van der Waals surface area (Å²) in [5.74, 6) is 0. The molecule has 3 fully saturated rings. The Morgan fingerprint density at radius 3 is 2.17 bits per heavy atom. The van der Waals surface area contributed by atoms with Crippen LogP contribution in [0.1, 0.15) is 44.9 Å². The molecule has 7 heteroatoms. The highest BCUT2D eigenvalue weighted by molar-refractivity contribution is 4.79. The molecule has 134 valence electrons. The van der Waals surface area contributed by atoms with Crippen LogP contribution in [0.25, 0.3) is 0 Å². The smallest absolute Gasteiger partial charge is 0.183 e. The Morgan fingerprint density at radius 1 is 0.739 bits per heavy atom. The monoisotopic (exact) mass is 332 g/mol. The van der Waals surface area contributed by atoms with Gasteiger partial charge in [0.15, 0.2) is 12.6 Å². The van der Waals surface area contributed by atoms with Crippen LogP contribution in [0.2, 0.25) is 0 Å². The largest absolute Gasteiger partial charge is 0.391 e. The van der Waals surface area contributed by atoms with Gasteiger partial charge in [-0.15, -0.1) is 0 Å². The summed E-state index contributed by atoms with van der Waals surface area (Å²) < 4.78 is 22.8. The average Bonchev–Trinajstić information content (AvgIpc) is 2.53. The molecule has 0 radical (unpaired) electrons. The van der Waals surface area contributed by atoms with Crippen molar-refractivity contribution in [2.45, 2.75) is 88.0 Å². The number of ether oxygens (including phenoxy) is 4. The van der Waals surface area contributed by atoms with Crippen molar-refractivity contribution >= 4 is 0 Å². The molecule has 0 aromatic heterocycles. The van der Waals surface area contributed by atoms with Gasteiger partial charge in [-0.2, -0.15) is 0 Å². The first-order valence-electron chi connectivity index (χ1n) is 8.68. The van der Waals surface area contributed by atoms with Gasteiger partial charge in [-0.1, -0.05) is 0 Å². The van der Waals surface area contributed by atoms with Gasteiger partial charge in [0, 0.05) is 19.3 Å². The summed E-state index contributed by atoms with van der Waals surface area (Å²) in [6.45, 7) is 0.536. The molecule has 7 unspecified atom stereocenters. The maximum Gasteiger partial charge on any atom is 0.183 e. The summed E-state index contributed by atoms with van der Waals surface area (Å²) in [5, 5.41) is 28.8. The van der Waals surface area contributed by atoms with Crippen LogP contribution in [0, 0.1) is 0 Å². The van der Waals surface area contributed by atoms with Gasteiger partial charge in [-0.25, -0.2) is 0 Å². The van der Waals surface area contributed by atoms with Gasteiger partial charge in [-0.3, -0.25) is 0 Å². The quantitative estimate of drug-likeness (QED) is 0.681. The highest BCUT2D eigenvalue weighted by Crippen LogP contribution is 2.29. The number of aliphatic hydroxyl groups is 3. The molecule has 23 heavy (non-hydrogen) atoms. The van der Waals surface area contributed by atoms with Gasteiger partial charge >= 0.3 is 0 Å². The lowest BCUT2D eigenvalue weighted by Gasteiger charge is -2.37. The van der Waals surface area contributed by atoms with Crippen LogP contribution < -0.4 is 0 Å². The maximum absolute atomic E-state index is 9.94. The summed E-state index contributed by atoms with van der Waals surface area (Å²) >= 11 is 0. The van der Waals surface area contributed by atoms with E-state index in [4.69, 9.17) is 18.9 Å². The molecule has 2 saturated heterocycles. The predicted molar refractivity (Wildman–Crippen MR) is 79.6 cm³/mol. The fourth-order valence-corrected chi connectivity index (χ4v) is 3.48. The van der Waals surface area contributed by atoms with Crippen LogP contribution in [0.5, 0.6) is 0 Å². The zero-order chi connectivity index (χ0) is 16.2. The lowest BCUT2D eigenvalue weighted by atomic mass is 9.94. The van der Waals surface area contributed by atoms with Crippen molar-refractivity contribution in [3.8, 4) is 0 Å². The van der Waals surface area contributed by atoms with E-state index in [1.807, 2.05) is 0 Å². The van der Waals surface area contributed by atoms with Crippen LogP contribution in [0.4, 0.5) is 0 Å². The Hall–Kier alpha value is -0.280. The summed E-state index contributed by atoms with van der Waals surface area (Å²) in [6, 6.07) is 0. The van der Waals surface area contributed by atoms with E-state index in [9.17, 15) is 15.3 Å². The molecule has 1 aliphatic carbocycles. The molecule has 0 amide bonds. The molecule has 3 rings (SSSR count). The van der Waals surface area contributed by atoms with Crippen LogP contribution >= 0.6 is 0 Å². The fraction of sp³-hybridized carbons (Fsp3) is 1.00. The number of rotatable bonds is 4. The standard InChI is InChI=1S/C16H28O7/c17-10-4-5-15(20-8-10)22-12-2-1-3-13(7-12)23-16-14(19)6-11(18)9-21-16/h10-19H,1-9H2. The lowest BCUT2D eigenvalue weighted by Crippen LogP contribution is -2.45. The SMILES string of the molecule is OC1CCC(OC2CCCC(OC3OCC(O)CC3O)C2)OC1. The number of hydrogen-bond acceptors (Lipinski definition) is 7. The van der Waals surface area contributed by atoms with E-state index in [2.05, 4.69) is 0 Å². The Morgan fingerprint density at radius 2 is 1.48 bits per heavy atom. The molecule has 0 spiro atoms. The van der Waals surface area contributed by atoms with Crippen molar-refractivity contribution < 1.29 is 34.3 Å². The zero-order valence-electron chi connectivity index (χ0n) is 13.4. The molecule has 7 nitrogen and oxygen atoms in total. The summed E-state index contributed by atoms with van der Waals surface area (Å²) in [7, 11) is 0. The van der Waals surface area contributed by atoms with Crippen molar-refractivity contribution in [2.24, 2.45) is 0 Å². The molecule has 0 bridgehead atoms. The molecule has 2 aliphatic heterocycles. The minimum atomic E-state index is -0.789. The Bertz CT molecular complexity index is 358. The normalized spacial score (nSPS) is 45.8. The van der Waals surface area contributed by atoms with E-state index in [1.165, 1.54) is 0 Å². The Balaban J connectivity index is 1.43. The van der Waals surface area contributed by atoms with Crippen molar-refractivity contribution in [1.29, 1.82) is 0 Å². The third kappa shape index (κ3) is 5.09.